The van der Waals surface area contributed by atoms with Crippen molar-refractivity contribution in [2.24, 2.45) is 0 Å². The Labute approximate surface area is 131 Å². The van der Waals surface area contributed by atoms with Gasteiger partial charge in [0.15, 0.2) is 0 Å². The Hall–Kier alpha value is -0.470. The summed E-state index contributed by atoms with van der Waals surface area (Å²) < 4.78 is 32.8. The maximum absolute atomic E-state index is 12.3. The molecule has 0 radical (unpaired) electrons. The lowest BCUT2D eigenvalue weighted by atomic mass is 9.90. The SMILES string of the molecule is CCOC1CC(NS(=O)(=O)c2csc(CNC(C)C)c2)C1. The first-order valence-electron chi connectivity index (χ1n) is 7.35. The number of thiophene rings is 1. The summed E-state index contributed by atoms with van der Waals surface area (Å²) >= 11 is 1.47. The summed E-state index contributed by atoms with van der Waals surface area (Å²) in [5.41, 5.74) is 0. The number of nitrogens with one attached hydrogen (secondary N) is 2. The molecule has 0 atom stereocenters. The van der Waals surface area contributed by atoms with Gasteiger partial charge in [-0.05, 0) is 25.8 Å². The molecule has 5 nitrogen and oxygen atoms in total. The Bertz CT molecular complexity index is 548. The van der Waals surface area contributed by atoms with E-state index in [9.17, 15) is 8.42 Å². The number of sulfonamides is 1. The number of hydrogen-bond acceptors (Lipinski definition) is 5. The Balaban J connectivity index is 1.88. The third-order valence-electron chi connectivity index (χ3n) is 3.44. The van der Waals surface area contributed by atoms with Gasteiger partial charge >= 0.3 is 0 Å². The predicted molar refractivity (Wildman–Crippen MR) is 85.1 cm³/mol. The molecule has 120 valence electrons. The minimum atomic E-state index is -3.40. The molecule has 0 aromatic carbocycles. The van der Waals surface area contributed by atoms with E-state index in [1.54, 1.807) is 11.4 Å². The molecule has 2 N–H and O–H groups in total. The molecule has 1 aliphatic carbocycles. The maximum atomic E-state index is 12.3. The van der Waals surface area contributed by atoms with Gasteiger partial charge in [0, 0.05) is 35.5 Å². The van der Waals surface area contributed by atoms with E-state index in [2.05, 4.69) is 23.9 Å². The summed E-state index contributed by atoms with van der Waals surface area (Å²) in [5, 5.41) is 4.99. The van der Waals surface area contributed by atoms with Crippen LogP contribution in [0.3, 0.4) is 0 Å². The van der Waals surface area contributed by atoms with Gasteiger partial charge < -0.3 is 10.1 Å². The zero-order valence-electron chi connectivity index (χ0n) is 12.8. The molecule has 0 amide bonds. The molecule has 1 fully saturated rings. The molecule has 1 aliphatic rings. The number of rotatable bonds is 8. The standard InChI is InChI=1S/C14H24N2O3S2/c1-4-19-12-5-11(6-12)16-21(17,18)14-7-13(20-9-14)8-15-10(2)3/h7,9-12,15-16H,4-6,8H2,1-3H3. The minimum Gasteiger partial charge on any atom is -0.378 e. The third-order valence-corrected chi connectivity index (χ3v) is 6.03. The highest BCUT2D eigenvalue weighted by atomic mass is 32.2. The van der Waals surface area contributed by atoms with Crippen molar-refractivity contribution in [3.8, 4) is 0 Å². The van der Waals surface area contributed by atoms with E-state index in [1.807, 2.05) is 6.92 Å². The Kier molecular flexibility index (Phi) is 5.79. The van der Waals surface area contributed by atoms with Crippen molar-refractivity contribution in [2.75, 3.05) is 6.61 Å². The second-order valence-corrected chi connectivity index (χ2v) is 8.36. The molecule has 7 heteroatoms. The van der Waals surface area contributed by atoms with Crippen LogP contribution < -0.4 is 10.0 Å². The monoisotopic (exact) mass is 332 g/mol. The van der Waals surface area contributed by atoms with Crippen LogP contribution >= 0.6 is 11.3 Å². The number of hydrogen-bond donors (Lipinski definition) is 2. The van der Waals surface area contributed by atoms with Crippen LogP contribution in [0.4, 0.5) is 0 Å². The molecule has 0 unspecified atom stereocenters. The van der Waals surface area contributed by atoms with Crippen LogP contribution in [0.1, 0.15) is 38.5 Å². The second kappa shape index (κ2) is 7.19. The van der Waals surface area contributed by atoms with Gasteiger partial charge in [0.25, 0.3) is 0 Å². The molecular formula is C14H24N2O3S2. The fourth-order valence-corrected chi connectivity index (χ4v) is 4.71. The smallest absolute Gasteiger partial charge is 0.241 e. The van der Waals surface area contributed by atoms with E-state index in [-0.39, 0.29) is 12.1 Å². The van der Waals surface area contributed by atoms with Gasteiger partial charge in [-0.25, -0.2) is 13.1 Å². The lowest BCUT2D eigenvalue weighted by Crippen LogP contribution is -2.47. The van der Waals surface area contributed by atoms with Crippen molar-refractivity contribution >= 4 is 21.4 Å². The Morgan fingerprint density at radius 1 is 1.43 bits per heavy atom. The van der Waals surface area contributed by atoms with Crippen LogP contribution in [0, 0.1) is 0 Å². The van der Waals surface area contributed by atoms with Gasteiger partial charge in [-0.1, -0.05) is 13.8 Å². The molecule has 0 saturated heterocycles. The zero-order chi connectivity index (χ0) is 15.5. The van der Waals surface area contributed by atoms with Crippen molar-refractivity contribution in [3.63, 3.8) is 0 Å². The first-order valence-corrected chi connectivity index (χ1v) is 9.71. The first-order chi connectivity index (χ1) is 9.90. The lowest BCUT2D eigenvalue weighted by Gasteiger charge is -2.34. The quantitative estimate of drug-likeness (QED) is 0.765. The lowest BCUT2D eigenvalue weighted by molar-refractivity contribution is -0.00475. The summed E-state index contributed by atoms with van der Waals surface area (Å²) in [7, 11) is -3.40. The van der Waals surface area contributed by atoms with Crippen molar-refractivity contribution in [1.29, 1.82) is 0 Å². The Morgan fingerprint density at radius 3 is 2.76 bits per heavy atom. The van der Waals surface area contributed by atoms with E-state index < -0.39 is 10.0 Å². The van der Waals surface area contributed by atoms with Crippen LogP contribution in [-0.4, -0.2) is 33.2 Å². The average molecular weight is 332 g/mol. The molecule has 2 rings (SSSR count). The van der Waals surface area contributed by atoms with Gasteiger partial charge in [-0.15, -0.1) is 11.3 Å². The second-order valence-electron chi connectivity index (χ2n) is 5.65. The molecule has 1 heterocycles. The largest absolute Gasteiger partial charge is 0.378 e. The summed E-state index contributed by atoms with van der Waals surface area (Å²) in [4.78, 5) is 1.40. The molecular weight excluding hydrogens is 308 g/mol. The van der Waals surface area contributed by atoms with E-state index in [1.165, 1.54) is 11.3 Å². The highest BCUT2D eigenvalue weighted by molar-refractivity contribution is 7.89. The molecule has 0 spiro atoms. The average Bonchev–Trinajstić information content (AvgIpc) is 2.83. The van der Waals surface area contributed by atoms with Crippen LogP contribution in [0.5, 0.6) is 0 Å². The van der Waals surface area contributed by atoms with Crippen molar-refractivity contribution in [1.82, 2.24) is 10.0 Å². The van der Waals surface area contributed by atoms with E-state index >= 15 is 0 Å². The molecule has 1 aromatic rings. The van der Waals surface area contributed by atoms with Crippen LogP contribution in [0.2, 0.25) is 0 Å². The summed E-state index contributed by atoms with van der Waals surface area (Å²) in [6.45, 7) is 7.47. The fourth-order valence-electron chi connectivity index (χ4n) is 2.22. The van der Waals surface area contributed by atoms with Crippen molar-refractivity contribution in [2.45, 2.75) is 63.2 Å². The first kappa shape index (κ1) is 16.9. The zero-order valence-corrected chi connectivity index (χ0v) is 14.4. The van der Waals surface area contributed by atoms with Crippen LogP contribution in [0.25, 0.3) is 0 Å². The van der Waals surface area contributed by atoms with Gasteiger partial charge in [0.1, 0.15) is 0 Å². The van der Waals surface area contributed by atoms with Crippen molar-refractivity contribution in [3.05, 3.63) is 16.3 Å². The highest BCUT2D eigenvalue weighted by Crippen LogP contribution is 2.26. The third kappa shape index (κ3) is 4.75. The Morgan fingerprint density at radius 2 is 2.14 bits per heavy atom. The van der Waals surface area contributed by atoms with Crippen LogP contribution in [0.15, 0.2) is 16.3 Å². The summed E-state index contributed by atoms with van der Waals surface area (Å²) in [5.74, 6) is 0. The summed E-state index contributed by atoms with van der Waals surface area (Å²) in [6.07, 6.45) is 1.73. The molecule has 1 saturated carbocycles. The topological polar surface area (TPSA) is 67.4 Å². The van der Waals surface area contributed by atoms with Crippen molar-refractivity contribution < 1.29 is 13.2 Å². The van der Waals surface area contributed by atoms with E-state index in [0.717, 1.165) is 17.7 Å². The predicted octanol–water partition coefficient (Wildman–Crippen LogP) is 2.09. The van der Waals surface area contributed by atoms with Crippen LogP contribution in [-0.2, 0) is 21.3 Å². The normalized spacial score (nSPS) is 22.5. The molecule has 0 bridgehead atoms. The summed E-state index contributed by atoms with van der Waals surface area (Å²) in [6, 6.07) is 2.14. The van der Waals surface area contributed by atoms with E-state index in [0.29, 0.717) is 24.1 Å². The van der Waals surface area contributed by atoms with Gasteiger partial charge in [-0.2, -0.15) is 0 Å². The molecule has 1 aromatic heterocycles. The van der Waals surface area contributed by atoms with Gasteiger partial charge in [0.2, 0.25) is 10.0 Å². The highest BCUT2D eigenvalue weighted by Gasteiger charge is 2.33. The van der Waals surface area contributed by atoms with Gasteiger partial charge in [0.05, 0.1) is 11.0 Å². The minimum absolute atomic E-state index is 0.00342. The molecule has 0 aliphatic heterocycles. The molecule has 21 heavy (non-hydrogen) atoms. The number of ether oxygens (including phenoxy) is 1. The van der Waals surface area contributed by atoms with E-state index in [4.69, 9.17) is 4.74 Å². The fraction of sp³-hybridized carbons (Fsp3) is 0.714. The maximum Gasteiger partial charge on any atom is 0.241 e. The van der Waals surface area contributed by atoms with Gasteiger partial charge in [-0.3, -0.25) is 0 Å².